The zero-order valence-corrected chi connectivity index (χ0v) is 17.9. The molecule has 0 saturated carbocycles. The molecule has 1 aromatic heterocycles. The van der Waals surface area contributed by atoms with E-state index in [9.17, 15) is 14.4 Å². The van der Waals surface area contributed by atoms with Crippen molar-refractivity contribution in [2.75, 3.05) is 11.9 Å². The average molecular weight is 422 g/mol. The van der Waals surface area contributed by atoms with Crippen molar-refractivity contribution in [2.45, 2.75) is 77.6 Å². The van der Waals surface area contributed by atoms with Gasteiger partial charge in [-0.2, -0.15) is 0 Å². The molecule has 0 saturated heterocycles. The van der Waals surface area contributed by atoms with Crippen molar-refractivity contribution in [1.29, 1.82) is 0 Å². The van der Waals surface area contributed by atoms with E-state index in [0.717, 1.165) is 61.1 Å². The fourth-order valence-corrected chi connectivity index (χ4v) is 4.89. The maximum absolute atomic E-state index is 12.7. The van der Waals surface area contributed by atoms with Crippen LogP contribution in [0.25, 0.3) is 0 Å². The second-order valence-electron chi connectivity index (χ2n) is 7.27. The van der Waals surface area contributed by atoms with Gasteiger partial charge in [-0.05, 0) is 38.2 Å². The summed E-state index contributed by atoms with van der Waals surface area (Å²) >= 11 is 1.42. The number of carbonyl (C=O) groups is 3. The van der Waals surface area contributed by atoms with Crippen molar-refractivity contribution >= 4 is 34.2 Å². The molecule has 1 aliphatic carbocycles. The second-order valence-corrected chi connectivity index (χ2v) is 8.38. The molecule has 6 nitrogen and oxygen atoms in total. The number of aryl methyl sites for hydroxylation is 1. The average Bonchev–Trinajstić information content (AvgIpc) is 3.01. The molecule has 1 heterocycles. The summed E-state index contributed by atoms with van der Waals surface area (Å²) in [6.07, 6.45) is 14.0. The zero-order valence-electron chi connectivity index (χ0n) is 17.1. The third-order valence-electron chi connectivity index (χ3n) is 5.01. The molecule has 2 rings (SSSR count). The Morgan fingerprint density at radius 1 is 0.966 bits per heavy atom. The fraction of sp³-hybridized carbons (Fsp3) is 0.591. The summed E-state index contributed by atoms with van der Waals surface area (Å²) in [5.74, 6) is -2.18. The van der Waals surface area contributed by atoms with E-state index in [1.54, 1.807) is 6.92 Å². The third-order valence-corrected chi connectivity index (χ3v) is 6.22. The molecule has 0 aliphatic heterocycles. The minimum absolute atomic E-state index is 0.260. The number of carbonyl (C=O) groups excluding carboxylic acids is 2. The van der Waals surface area contributed by atoms with Crippen molar-refractivity contribution in [1.82, 2.24) is 0 Å². The predicted molar refractivity (Wildman–Crippen MR) is 115 cm³/mol. The highest BCUT2D eigenvalue weighted by atomic mass is 32.1. The van der Waals surface area contributed by atoms with E-state index in [1.165, 1.54) is 43.4 Å². The number of hydrogen-bond donors (Lipinski definition) is 2. The van der Waals surface area contributed by atoms with Crippen LogP contribution in [0.3, 0.4) is 0 Å². The number of aliphatic carboxylic acids is 1. The van der Waals surface area contributed by atoms with Gasteiger partial charge in [0.05, 0.1) is 12.2 Å². The minimum atomic E-state index is -1.19. The highest BCUT2D eigenvalue weighted by Gasteiger charge is 2.25. The van der Waals surface area contributed by atoms with Crippen LogP contribution in [0, 0.1) is 0 Å². The van der Waals surface area contributed by atoms with Gasteiger partial charge in [-0.25, -0.2) is 9.59 Å². The summed E-state index contributed by atoms with van der Waals surface area (Å²) in [4.78, 5) is 36.6. The van der Waals surface area contributed by atoms with E-state index < -0.39 is 17.8 Å². The number of ether oxygens (including phenoxy) is 1. The predicted octanol–water partition coefficient (Wildman–Crippen LogP) is 5.11. The molecule has 1 amide bonds. The first kappa shape index (κ1) is 23.1. The molecule has 7 heteroatoms. The van der Waals surface area contributed by atoms with Crippen molar-refractivity contribution in [3.8, 4) is 0 Å². The molecule has 0 unspecified atom stereocenters. The Morgan fingerprint density at radius 3 is 2.14 bits per heavy atom. The molecule has 160 valence electrons. The Hall–Kier alpha value is -2.15. The molecule has 2 N–H and O–H groups in total. The van der Waals surface area contributed by atoms with E-state index in [2.05, 4.69) is 5.32 Å². The molecule has 1 aromatic rings. The van der Waals surface area contributed by atoms with E-state index in [-0.39, 0.29) is 6.61 Å². The topological polar surface area (TPSA) is 92.7 Å². The van der Waals surface area contributed by atoms with Gasteiger partial charge in [0.15, 0.2) is 0 Å². The molecule has 0 fully saturated rings. The van der Waals surface area contributed by atoms with Crippen LogP contribution in [-0.4, -0.2) is 29.6 Å². The normalized spacial score (nSPS) is 16.2. The molecule has 0 radical (unpaired) electrons. The number of nitrogens with one attached hydrogen (secondary N) is 1. The third kappa shape index (κ3) is 7.65. The number of carboxylic acid groups (broad SMARTS) is 1. The molecule has 0 atom stereocenters. The Labute approximate surface area is 176 Å². The quantitative estimate of drug-likeness (QED) is 0.509. The van der Waals surface area contributed by atoms with Crippen molar-refractivity contribution < 1.29 is 24.2 Å². The summed E-state index contributed by atoms with van der Waals surface area (Å²) in [5.41, 5.74) is 1.43. The number of carboxylic acids is 1. The summed E-state index contributed by atoms with van der Waals surface area (Å²) in [6, 6.07) is 0. The standard InChI is InChI=1S/C22H31NO5S/c1-2-28-22(27)20-16-12-10-8-6-4-3-5-7-9-11-13-17(16)29-21(20)23-18(24)14-15-19(25)26/h14-15H,2-13H2,1H3,(H,23,24)(H,25,26). The van der Waals surface area contributed by atoms with Crippen LogP contribution in [0.2, 0.25) is 0 Å². The largest absolute Gasteiger partial charge is 0.478 e. The lowest BCUT2D eigenvalue weighted by Crippen LogP contribution is -2.14. The first-order valence-electron chi connectivity index (χ1n) is 10.6. The van der Waals surface area contributed by atoms with Gasteiger partial charge in [0.2, 0.25) is 5.91 Å². The lowest BCUT2D eigenvalue weighted by molar-refractivity contribution is -0.131. The number of hydrogen-bond acceptors (Lipinski definition) is 5. The minimum Gasteiger partial charge on any atom is -0.478 e. The molecule has 0 aromatic carbocycles. The highest BCUT2D eigenvalue weighted by molar-refractivity contribution is 7.17. The second kappa shape index (κ2) is 12.4. The molecular formula is C22H31NO5S. The van der Waals surface area contributed by atoms with Crippen LogP contribution >= 0.6 is 11.3 Å². The highest BCUT2D eigenvalue weighted by Crippen LogP contribution is 2.37. The van der Waals surface area contributed by atoms with Crippen LogP contribution in [-0.2, 0) is 27.2 Å². The van der Waals surface area contributed by atoms with Gasteiger partial charge in [0, 0.05) is 17.0 Å². The van der Waals surface area contributed by atoms with Gasteiger partial charge in [0.25, 0.3) is 0 Å². The van der Waals surface area contributed by atoms with Crippen LogP contribution in [0.15, 0.2) is 12.2 Å². The Kier molecular flexibility index (Phi) is 9.91. The van der Waals surface area contributed by atoms with Crippen LogP contribution in [0.5, 0.6) is 0 Å². The van der Waals surface area contributed by atoms with Gasteiger partial charge in [-0.3, -0.25) is 4.79 Å². The summed E-state index contributed by atoms with van der Waals surface area (Å²) < 4.78 is 5.27. The van der Waals surface area contributed by atoms with Crippen LogP contribution in [0.1, 0.15) is 85.5 Å². The van der Waals surface area contributed by atoms with Crippen LogP contribution < -0.4 is 5.32 Å². The van der Waals surface area contributed by atoms with Crippen molar-refractivity contribution in [3.05, 3.63) is 28.2 Å². The number of rotatable bonds is 5. The van der Waals surface area contributed by atoms with Gasteiger partial charge < -0.3 is 15.2 Å². The molecule has 29 heavy (non-hydrogen) atoms. The summed E-state index contributed by atoms with van der Waals surface area (Å²) in [5, 5.41) is 11.9. The van der Waals surface area contributed by atoms with E-state index in [4.69, 9.17) is 9.84 Å². The Morgan fingerprint density at radius 2 is 1.55 bits per heavy atom. The molecule has 0 spiro atoms. The number of amides is 1. The van der Waals surface area contributed by atoms with Gasteiger partial charge >= 0.3 is 11.9 Å². The van der Waals surface area contributed by atoms with E-state index in [1.807, 2.05) is 0 Å². The molecule has 1 aliphatic rings. The van der Waals surface area contributed by atoms with E-state index >= 15 is 0 Å². The molecular weight excluding hydrogens is 390 g/mol. The number of anilines is 1. The first-order chi connectivity index (χ1) is 14.0. The number of fused-ring (bicyclic) bond motifs is 1. The van der Waals surface area contributed by atoms with Gasteiger partial charge in [-0.15, -0.1) is 11.3 Å². The Balaban J connectivity index is 2.32. The smallest absolute Gasteiger partial charge is 0.341 e. The van der Waals surface area contributed by atoms with Gasteiger partial charge in [0.1, 0.15) is 5.00 Å². The summed E-state index contributed by atoms with van der Waals surface area (Å²) in [7, 11) is 0. The molecule has 0 bridgehead atoms. The van der Waals surface area contributed by atoms with Crippen LogP contribution in [0.4, 0.5) is 5.00 Å². The SMILES string of the molecule is CCOC(=O)c1c(NC(=O)C=CC(=O)O)sc2c1CCCCCCCCCCC2. The monoisotopic (exact) mass is 421 g/mol. The maximum Gasteiger partial charge on any atom is 0.341 e. The fourth-order valence-electron chi connectivity index (χ4n) is 3.61. The van der Waals surface area contributed by atoms with Crippen molar-refractivity contribution in [2.24, 2.45) is 0 Å². The van der Waals surface area contributed by atoms with Gasteiger partial charge in [-0.1, -0.05) is 44.9 Å². The lowest BCUT2D eigenvalue weighted by atomic mass is 10.00. The number of esters is 1. The zero-order chi connectivity index (χ0) is 21.1. The lowest BCUT2D eigenvalue weighted by Gasteiger charge is -2.09. The number of thiophene rings is 1. The summed E-state index contributed by atoms with van der Waals surface area (Å²) in [6.45, 7) is 2.02. The first-order valence-corrected chi connectivity index (χ1v) is 11.4. The van der Waals surface area contributed by atoms with Crippen molar-refractivity contribution in [3.63, 3.8) is 0 Å². The Bertz CT molecular complexity index is 738. The maximum atomic E-state index is 12.7. The van der Waals surface area contributed by atoms with E-state index in [0.29, 0.717) is 10.6 Å².